The summed E-state index contributed by atoms with van der Waals surface area (Å²) in [5, 5.41) is 9.80. The summed E-state index contributed by atoms with van der Waals surface area (Å²) < 4.78 is 0. The summed E-state index contributed by atoms with van der Waals surface area (Å²) in [6, 6.07) is 0. The number of hydrogen-bond acceptors (Lipinski definition) is 2. The van der Waals surface area contributed by atoms with Crippen LogP contribution < -0.4 is 11.5 Å². The van der Waals surface area contributed by atoms with Gasteiger partial charge in [-0.15, -0.1) is 0 Å². The molecule has 1 saturated carbocycles. The van der Waals surface area contributed by atoms with Gasteiger partial charge in [0.2, 0.25) is 0 Å². The van der Waals surface area contributed by atoms with Crippen LogP contribution in [0.25, 0.3) is 0 Å². The molecular formula is C17H33N3O2. The number of carbonyl (C=O) groups is 1. The second-order valence-corrected chi connectivity index (χ2v) is 6.92. The van der Waals surface area contributed by atoms with Crippen LogP contribution in [0.1, 0.15) is 71.6 Å². The highest BCUT2D eigenvalue weighted by Gasteiger charge is 2.45. The van der Waals surface area contributed by atoms with E-state index in [0.29, 0.717) is 12.5 Å². The maximum Gasteiger partial charge on any atom is 0.309 e. The number of aliphatic carboxylic acids is 1. The zero-order valence-electron chi connectivity index (χ0n) is 14.2. The van der Waals surface area contributed by atoms with Gasteiger partial charge in [-0.2, -0.15) is 0 Å². The molecule has 5 heteroatoms. The molecule has 0 bridgehead atoms. The zero-order valence-corrected chi connectivity index (χ0v) is 14.2. The molecular weight excluding hydrogens is 278 g/mol. The van der Waals surface area contributed by atoms with Crippen LogP contribution in [0, 0.1) is 17.3 Å². The van der Waals surface area contributed by atoms with Gasteiger partial charge >= 0.3 is 5.97 Å². The van der Waals surface area contributed by atoms with Crippen molar-refractivity contribution in [3.8, 4) is 0 Å². The molecule has 0 saturated heterocycles. The number of hydrogen-bond donors (Lipinski definition) is 3. The molecule has 0 radical (unpaired) electrons. The van der Waals surface area contributed by atoms with Gasteiger partial charge in [0.15, 0.2) is 5.96 Å². The molecule has 1 atom stereocenters. The topological polar surface area (TPSA) is 102 Å². The third kappa shape index (κ3) is 5.18. The van der Waals surface area contributed by atoms with Gasteiger partial charge in [-0.25, -0.2) is 0 Å². The Morgan fingerprint density at radius 2 is 1.91 bits per heavy atom. The van der Waals surface area contributed by atoms with Crippen LogP contribution in [0.5, 0.6) is 0 Å². The summed E-state index contributed by atoms with van der Waals surface area (Å²) in [7, 11) is 0. The van der Waals surface area contributed by atoms with Crippen molar-refractivity contribution in [2.45, 2.75) is 71.6 Å². The number of rotatable bonds is 9. The van der Waals surface area contributed by atoms with Crippen molar-refractivity contribution < 1.29 is 9.90 Å². The maximum atomic E-state index is 11.9. The van der Waals surface area contributed by atoms with Crippen molar-refractivity contribution in [3.63, 3.8) is 0 Å². The van der Waals surface area contributed by atoms with Crippen molar-refractivity contribution in [1.82, 2.24) is 0 Å². The number of nitrogens with two attached hydrogens (primary N) is 2. The molecule has 1 aliphatic rings. The maximum absolute atomic E-state index is 11.9. The molecule has 0 aromatic rings. The van der Waals surface area contributed by atoms with E-state index in [0.717, 1.165) is 38.5 Å². The minimum Gasteiger partial charge on any atom is -0.481 e. The third-order valence-electron chi connectivity index (χ3n) is 5.39. The van der Waals surface area contributed by atoms with E-state index in [4.69, 9.17) is 11.5 Å². The Hall–Kier alpha value is -1.26. The quantitative estimate of drug-likeness (QED) is 0.346. The first-order valence-corrected chi connectivity index (χ1v) is 8.71. The predicted molar refractivity (Wildman–Crippen MR) is 90.6 cm³/mol. The van der Waals surface area contributed by atoms with Crippen LogP contribution in [0.2, 0.25) is 0 Å². The van der Waals surface area contributed by atoms with Crippen molar-refractivity contribution in [2.24, 2.45) is 33.7 Å². The lowest BCUT2D eigenvalue weighted by molar-refractivity contribution is -0.156. The third-order valence-corrected chi connectivity index (χ3v) is 5.39. The van der Waals surface area contributed by atoms with Crippen LogP contribution in [0.4, 0.5) is 0 Å². The molecule has 22 heavy (non-hydrogen) atoms. The fourth-order valence-electron chi connectivity index (χ4n) is 3.68. The second kappa shape index (κ2) is 9.01. The molecule has 5 N–H and O–H groups in total. The van der Waals surface area contributed by atoms with E-state index >= 15 is 0 Å². The summed E-state index contributed by atoms with van der Waals surface area (Å²) >= 11 is 0. The van der Waals surface area contributed by atoms with Gasteiger partial charge in [0, 0.05) is 6.54 Å². The van der Waals surface area contributed by atoms with Gasteiger partial charge < -0.3 is 16.6 Å². The van der Waals surface area contributed by atoms with Gasteiger partial charge in [0.1, 0.15) is 0 Å². The Kier molecular flexibility index (Phi) is 7.69. The Morgan fingerprint density at radius 3 is 2.41 bits per heavy atom. The molecule has 1 rings (SSSR count). The average molecular weight is 311 g/mol. The van der Waals surface area contributed by atoms with E-state index in [2.05, 4.69) is 18.8 Å². The molecule has 1 aliphatic carbocycles. The normalized spacial score (nSPS) is 26.4. The first-order chi connectivity index (χ1) is 10.4. The SMILES string of the molecule is CCCCCCC(C)C1(C(=O)O)CCC(CN=C(N)N)CC1. The largest absolute Gasteiger partial charge is 0.481 e. The molecule has 0 heterocycles. The molecule has 1 unspecified atom stereocenters. The van der Waals surface area contributed by atoms with Crippen molar-refractivity contribution in [2.75, 3.05) is 6.54 Å². The minimum absolute atomic E-state index is 0.124. The monoisotopic (exact) mass is 311 g/mol. The summed E-state index contributed by atoms with van der Waals surface area (Å²) in [4.78, 5) is 16.0. The first-order valence-electron chi connectivity index (χ1n) is 8.71. The van der Waals surface area contributed by atoms with Crippen LogP contribution in [-0.2, 0) is 4.79 Å². The van der Waals surface area contributed by atoms with E-state index in [1.165, 1.54) is 19.3 Å². The van der Waals surface area contributed by atoms with Crippen molar-refractivity contribution in [3.05, 3.63) is 0 Å². The molecule has 0 aromatic heterocycles. The van der Waals surface area contributed by atoms with E-state index < -0.39 is 11.4 Å². The highest BCUT2D eigenvalue weighted by atomic mass is 16.4. The second-order valence-electron chi connectivity index (χ2n) is 6.92. The van der Waals surface area contributed by atoms with Gasteiger partial charge in [0.05, 0.1) is 5.41 Å². The smallest absolute Gasteiger partial charge is 0.309 e. The Morgan fingerprint density at radius 1 is 1.27 bits per heavy atom. The first kappa shape index (κ1) is 18.8. The van der Waals surface area contributed by atoms with E-state index in [1.54, 1.807) is 0 Å². The van der Waals surface area contributed by atoms with Gasteiger partial charge in [-0.3, -0.25) is 9.79 Å². The van der Waals surface area contributed by atoms with Gasteiger partial charge in [-0.05, 0) is 43.9 Å². The summed E-state index contributed by atoms with van der Waals surface area (Å²) in [5.74, 6) is 0.169. The molecule has 0 spiro atoms. The van der Waals surface area contributed by atoms with Crippen LogP contribution >= 0.6 is 0 Å². The Balaban J connectivity index is 2.55. The average Bonchev–Trinajstić information content (AvgIpc) is 2.49. The van der Waals surface area contributed by atoms with Crippen LogP contribution in [0.15, 0.2) is 4.99 Å². The fraction of sp³-hybridized carbons (Fsp3) is 0.882. The summed E-state index contributed by atoms with van der Waals surface area (Å²) in [6.45, 7) is 4.94. The lowest BCUT2D eigenvalue weighted by Gasteiger charge is -2.41. The van der Waals surface area contributed by atoms with Crippen molar-refractivity contribution in [1.29, 1.82) is 0 Å². The fourth-order valence-corrected chi connectivity index (χ4v) is 3.68. The van der Waals surface area contributed by atoms with E-state index in [9.17, 15) is 9.90 Å². The molecule has 0 aliphatic heterocycles. The lowest BCUT2D eigenvalue weighted by Crippen LogP contribution is -2.41. The van der Waals surface area contributed by atoms with Crippen LogP contribution in [-0.4, -0.2) is 23.6 Å². The molecule has 128 valence electrons. The van der Waals surface area contributed by atoms with Gasteiger partial charge in [0.25, 0.3) is 0 Å². The highest BCUT2D eigenvalue weighted by molar-refractivity contribution is 5.76. The van der Waals surface area contributed by atoms with Crippen molar-refractivity contribution >= 4 is 11.9 Å². The molecule has 1 fully saturated rings. The number of carboxylic acid groups (broad SMARTS) is 1. The number of unbranched alkanes of at least 4 members (excludes halogenated alkanes) is 3. The lowest BCUT2D eigenvalue weighted by atomic mass is 9.63. The zero-order chi connectivity index (χ0) is 16.6. The highest BCUT2D eigenvalue weighted by Crippen LogP contribution is 2.46. The molecule has 0 amide bonds. The number of nitrogens with zero attached hydrogens (tertiary/aromatic N) is 1. The van der Waals surface area contributed by atoms with E-state index in [1.807, 2.05) is 0 Å². The van der Waals surface area contributed by atoms with Gasteiger partial charge in [-0.1, -0.05) is 39.5 Å². The number of aliphatic imine (C=N–C) groups is 1. The Bertz CT molecular complexity index is 370. The Labute approximate surface area is 134 Å². The number of guanidine groups is 1. The standard InChI is InChI=1S/C17H33N3O2/c1-3-4-5-6-7-13(2)17(15(21)22)10-8-14(9-11-17)12-20-16(18)19/h13-14H,3-12H2,1-2H3,(H,21,22)(H4,18,19,20). The predicted octanol–water partition coefficient (Wildman–Crippen LogP) is 3.13. The molecule has 5 nitrogen and oxygen atoms in total. The molecule has 0 aromatic carbocycles. The number of carboxylic acids is 1. The summed E-state index contributed by atoms with van der Waals surface area (Å²) in [5.41, 5.74) is 10.2. The summed E-state index contributed by atoms with van der Waals surface area (Å²) in [6.07, 6.45) is 9.14. The van der Waals surface area contributed by atoms with E-state index in [-0.39, 0.29) is 11.9 Å². The van der Waals surface area contributed by atoms with Crippen LogP contribution in [0.3, 0.4) is 0 Å². The minimum atomic E-state index is -0.615.